The zero-order chi connectivity index (χ0) is 16.9. The van der Waals surface area contributed by atoms with E-state index < -0.39 is 0 Å². The maximum atomic E-state index is 5.77. The van der Waals surface area contributed by atoms with E-state index in [0.29, 0.717) is 12.6 Å². The first kappa shape index (κ1) is 15.8. The summed E-state index contributed by atoms with van der Waals surface area (Å²) in [5, 5.41) is 7.87. The number of aryl methyl sites for hydroxylation is 1. The zero-order valence-electron chi connectivity index (χ0n) is 14.0. The third kappa shape index (κ3) is 4.03. The van der Waals surface area contributed by atoms with Crippen LogP contribution in [0.25, 0.3) is 0 Å². The molecule has 1 aromatic carbocycles. The Morgan fingerprint density at radius 1 is 1.12 bits per heavy atom. The van der Waals surface area contributed by atoms with Crippen molar-refractivity contribution in [1.82, 2.24) is 25.1 Å². The van der Waals surface area contributed by atoms with E-state index in [4.69, 9.17) is 4.74 Å². The topological polar surface area (TPSA) is 64.9 Å². The monoisotopic (exact) mass is 335 g/mol. The first-order valence-electron chi connectivity index (χ1n) is 8.58. The third-order valence-electron chi connectivity index (χ3n) is 4.44. The molecular weight excluding hydrogens is 314 g/mol. The number of benzene rings is 1. The van der Waals surface area contributed by atoms with Gasteiger partial charge in [0.15, 0.2) is 0 Å². The van der Waals surface area contributed by atoms with Gasteiger partial charge in [0.2, 0.25) is 0 Å². The number of ether oxygens (including phenoxy) is 1. The maximum absolute atomic E-state index is 5.77. The highest BCUT2D eigenvalue weighted by Gasteiger charge is 2.18. The van der Waals surface area contributed by atoms with Gasteiger partial charge < -0.3 is 10.1 Å². The molecule has 6 nitrogen and oxygen atoms in total. The van der Waals surface area contributed by atoms with Crippen molar-refractivity contribution in [2.24, 2.45) is 0 Å². The Labute approximate surface area is 146 Å². The number of fused-ring (bicyclic) bond motifs is 1. The smallest absolute Gasteiger partial charge is 0.138 e. The molecule has 0 saturated carbocycles. The summed E-state index contributed by atoms with van der Waals surface area (Å²) in [7, 11) is 0. The summed E-state index contributed by atoms with van der Waals surface area (Å²) < 4.78 is 7.77. The molecule has 1 N–H and O–H groups in total. The van der Waals surface area contributed by atoms with Gasteiger partial charge in [0, 0.05) is 25.2 Å². The van der Waals surface area contributed by atoms with E-state index in [9.17, 15) is 0 Å². The summed E-state index contributed by atoms with van der Waals surface area (Å²) in [5.41, 5.74) is 2.17. The number of hydrogen-bond donors (Lipinski definition) is 1. The Morgan fingerprint density at radius 3 is 2.88 bits per heavy atom. The largest absolute Gasteiger partial charge is 0.487 e. The molecule has 0 amide bonds. The number of aromatic nitrogens is 4. The second-order valence-electron chi connectivity index (χ2n) is 6.23. The van der Waals surface area contributed by atoms with Crippen LogP contribution in [0.15, 0.2) is 55.0 Å². The van der Waals surface area contributed by atoms with E-state index in [0.717, 1.165) is 43.2 Å². The minimum Gasteiger partial charge on any atom is -0.487 e. The van der Waals surface area contributed by atoms with E-state index in [2.05, 4.69) is 32.5 Å². The van der Waals surface area contributed by atoms with Crippen LogP contribution in [0.3, 0.4) is 0 Å². The number of hydrogen-bond acceptors (Lipinski definition) is 5. The Balaban J connectivity index is 1.26. The van der Waals surface area contributed by atoms with Gasteiger partial charge in [-0.1, -0.05) is 18.2 Å². The average Bonchev–Trinajstić information content (AvgIpc) is 3.14. The average molecular weight is 335 g/mol. The SMILES string of the molecule is c1ccc(COc2ccc(CNC3CCc4ncnn4C3)cc2)nc1. The van der Waals surface area contributed by atoms with Crippen molar-refractivity contribution >= 4 is 0 Å². The van der Waals surface area contributed by atoms with E-state index in [1.54, 1.807) is 12.5 Å². The third-order valence-corrected chi connectivity index (χ3v) is 4.44. The second kappa shape index (κ2) is 7.44. The molecule has 2 aromatic heterocycles. The van der Waals surface area contributed by atoms with Crippen molar-refractivity contribution in [1.29, 1.82) is 0 Å². The van der Waals surface area contributed by atoms with Gasteiger partial charge in [-0.05, 0) is 36.2 Å². The van der Waals surface area contributed by atoms with Gasteiger partial charge in [0.25, 0.3) is 0 Å². The van der Waals surface area contributed by atoms with Gasteiger partial charge in [-0.2, -0.15) is 5.10 Å². The van der Waals surface area contributed by atoms with E-state index in [1.807, 2.05) is 35.0 Å². The molecule has 25 heavy (non-hydrogen) atoms. The van der Waals surface area contributed by atoms with Crippen LogP contribution in [0, 0.1) is 0 Å². The lowest BCUT2D eigenvalue weighted by molar-refractivity contribution is 0.301. The molecule has 0 bridgehead atoms. The van der Waals surface area contributed by atoms with Crippen LogP contribution in [-0.4, -0.2) is 25.8 Å². The molecule has 1 aliphatic rings. The summed E-state index contributed by atoms with van der Waals surface area (Å²) in [5.74, 6) is 1.95. The Bertz CT molecular complexity index is 800. The Hall–Kier alpha value is -2.73. The van der Waals surface area contributed by atoms with Crippen LogP contribution >= 0.6 is 0 Å². The molecule has 1 aliphatic heterocycles. The molecule has 0 fully saturated rings. The summed E-state index contributed by atoms with van der Waals surface area (Å²) >= 11 is 0. The van der Waals surface area contributed by atoms with Crippen molar-refractivity contribution < 1.29 is 4.74 Å². The van der Waals surface area contributed by atoms with Gasteiger partial charge in [0.05, 0.1) is 12.2 Å². The van der Waals surface area contributed by atoms with Crippen LogP contribution in [-0.2, 0) is 26.1 Å². The van der Waals surface area contributed by atoms with Gasteiger partial charge in [-0.15, -0.1) is 0 Å². The Kier molecular flexibility index (Phi) is 4.70. The normalized spacial score (nSPS) is 16.4. The van der Waals surface area contributed by atoms with Crippen molar-refractivity contribution in [3.63, 3.8) is 0 Å². The number of nitrogens with zero attached hydrogens (tertiary/aromatic N) is 4. The molecule has 0 radical (unpaired) electrons. The molecular formula is C19H21N5O. The van der Waals surface area contributed by atoms with Gasteiger partial charge >= 0.3 is 0 Å². The molecule has 3 aromatic rings. The second-order valence-corrected chi connectivity index (χ2v) is 6.23. The Morgan fingerprint density at radius 2 is 2.04 bits per heavy atom. The molecule has 0 spiro atoms. The number of nitrogens with one attached hydrogen (secondary N) is 1. The lowest BCUT2D eigenvalue weighted by atomic mass is 10.1. The van der Waals surface area contributed by atoms with Crippen LogP contribution in [0.4, 0.5) is 0 Å². The maximum Gasteiger partial charge on any atom is 0.138 e. The highest BCUT2D eigenvalue weighted by atomic mass is 16.5. The highest BCUT2D eigenvalue weighted by Crippen LogP contribution is 2.15. The molecule has 1 unspecified atom stereocenters. The summed E-state index contributed by atoms with van der Waals surface area (Å²) in [6.07, 6.45) is 5.50. The summed E-state index contributed by atoms with van der Waals surface area (Å²) in [6.45, 7) is 2.22. The zero-order valence-corrected chi connectivity index (χ0v) is 14.0. The number of rotatable bonds is 6. The minimum atomic E-state index is 0.439. The first-order valence-corrected chi connectivity index (χ1v) is 8.58. The van der Waals surface area contributed by atoms with Gasteiger partial charge in [-0.25, -0.2) is 9.67 Å². The lowest BCUT2D eigenvalue weighted by Crippen LogP contribution is -2.37. The van der Waals surface area contributed by atoms with E-state index in [1.165, 1.54) is 5.56 Å². The standard InChI is InChI=1S/C19H21N5O/c1-2-10-20-17(3-1)13-25-18-7-4-15(5-8-18)11-21-16-6-9-19-22-14-23-24(19)12-16/h1-5,7-8,10,14,16,21H,6,9,11-13H2. The van der Waals surface area contributed by atoms with Crippen molar-refractivity contribution in [2.45, 2.75) is 38.6 Å². The van der Waals surface area contributed by atoms with Crippen molar-refractivity contribution in [3.8, 4) is 5.75 Å². The molecule has 4 rings (SSSR count). The molecule has 0 aliphatic carbocycles. The minimum absolute atomic E-state index is 0.439. The van der Waals surface area contributed by atoms with Crippen LogP contribution in [0.2, 0.25) is 0 Å². The molecule has 1 atom stereocenters. The van der Waals surface area contributed by atoms with Crippen molar-refractivity contribution in [2.75, 3.05) is 0 Å². The molecule has 128 valence electrons. The quantitative estimate of drug-likeness (QED) is 0.749. The predicted molar refractivity (Wildman–Crippen MR) is 94.0 cm³/mol. The van der Waals surface area contributed by atoms with E-state index in [-0.39, 0.29) is 0 Å². The fourth-order valence-electron chi connectivity index (χ4n) is 3.01. The van der Waals surface area contributed by atoms with Gasteiger partial charge in [-0.3, -0.25) is 4.98 Å². The fourth-order valence-corrected chi connectivity index (χ4v) is 3.01. The van der Waals surface area contributed by atoms with Crippen LogP contribution < -0.4 is 10.1 Å². The summed E-state index contributed by atoms with van der Waals surface area (Å²) in [4.78, 5) is 8.52. The van der Waals surface area contributed by atoms with Gasteiger partial charge in [0.1, 0.15) is 24.5 Å². The lowest BCUT2D eigenvalue weighted by Gasteiger charge is -2.23. The molecule has 3 heterocycles. The van der Waals surface area contributed by atoms with E-state index >= 15 is 0 Å². The van der Waals surface area contributed by atoms with Crippen molar-refractivity contribution in [3.05, 3.63) is 72.1 Å². The number of pyridine rings is 1. The highest BCUT2D eigenvalue weighted by molar-refractivity contribution is 5.27. The molecule has 6 heteroatoms. The summed E-state index contributed by atoms with van der Waals surface area (Å²) in [6, 6.07) is 14.5. The molecule has 0 saturated heterocycles. The van der Waals surface area contributed by atoms with Crippen LogP contribution in [0.5, 0.6) is 5.75 Å². The van der Waals surface area contributed by atoms with Crippen LogP contribution in [0.1, 0.15) is 23.5 Å². The fraction of sp³-hybridized carbons (Fsp3) is 0.316. The predicted octanol–water partition coefficient (Wildman–Crippen LogP) is 2.36. The first-order chi connectivity index (χ1) is 12.4.